The number of rotatable bonds is 5. The van der Waals surface area contributed by atoms with Crippen LogP contribution in [0.4, 0.5) is 0 Å². The summed E-state index contributed by atoms with van der Waals surface area (Å²) in [6.07, 6.45) is 7.31. The Labute approximate surface area is 114 Å². The molecule has 5 atom stereocenters. The molecule has 1 heterocycles. The Morgan fingerprint density at radius 2 is 2.17 bits per heavy atom. The molecule has 18 heavy (non-hydrogen) atoms. The van der Waals surface area contributed by atoms with Crippen LogP contribution in [0.5, 0.6) is 0 Å². The third-order valence-electron chi connectivity index (χ3n) is 4.56. The van der Waals surface area contributed by atoms with Crippen LogP contribution in [0.25, 0.3) is 0 Å². The van der Waals surface area contributed by atoms with E-state index in [2.05, 4.69) is 12.2 Å². The third kappa shape index (κ3) is 3.55. The van der Waals surface area contributed by atoms with Gasteiger partial charge >= 0.3 is 0 Å². The summed E-state index contributed by atoms with van der Waals surface area (Å²) in [5, 5.41) is 3.70. The molecule has 2 fully saturated rings. The number of nitrogens with one attached hydrogen (secondary N) is 1. The monoisotopic (exact) mass is 273 g/mol. The van der Waals surface area contributed by atoms with Crippen LogP contribution in [0.3, 0.4) is 0 Å². The van der Waals surface area contributed by atoms with Crippen LogP contribution >= 0.6 is 0 Å². The first kappa shape index (κ1) is 14.5. The van der Waals surface area contributed by atoms with Crippen LogP contribution < -0.4 is 5.32 Å². The quantitative estimate of drug-likeness (QED) is 0.833. The summed E-state index contributed by atoms with van der Waals surface area (Å²) < 4.78 is 18.2. The van der Waals surface area contributed by atoms with Crippen molar-refractivity contribution in [2.45, 2.75) is 62.8 Å². The molecule has 1 N–H and O–H groups in total. The zero-order valence-corrected chi connectivity index (χ0v) is 12.5. The Bertz CT molecular complexity index is 279. The third-order valence-corrected chi connectivity index (χ3v) is 6.46. The predicted octanol–water partition coefficient (Wildman–Crippen LogP) is 2.08. The van der Waals surface area contributed by atoms with Gasteiger partial charge in [-0.05, 0) is 45.1 Å². The highest BCUT2D eigenvalue weighted by molar-refractivity contribution is 7.85. The van der Waals surface area contributed by atoms with Gasteiger partial charge in [-0.3, -0.25) is 4.21 Å². The van der Waals surface area contributed by atoms with Crippen LogP contribution in [0.2, 0.25) is 0 Å². The molecule has 1 saturated carbocycles. The Morgan fingerprint density at radius 3 is 2.78 bits per heavy atom. The van der Waals surface area contributed by atoms with Crippen molar-refractivity contribution in [3.05, 3.63) is 0 Å². The van der Waals surface area contributed by atoms with Gasteiger partial charge in [-0.1, -0.05) is 13.3 Å². The van der Waals surface area contributed by atoms with Crippen molar-refractivity contribution >= 4 is 10.8 Å². The average molecular weight is 273 g/mol. The van der Waals surface area contributed by atoms with Gasteiger partial charge in [0.15, 0.2) is 0 Å². The lowest BCUT2D eigenvalue weighted by molar-refractivity contribution is 0.128. The van der Waals surface area contributed by atoms with Crippen LogP contribution in [0.15, 0.2) is 0 Å². The topological polar surface area (TPSA) is 38.3 Å². The molecule has 106 valence electrons. The molecule has 4 heteroatoms. The summed E-state index contributed by atoms with van der Waals surface area (Å²) in [5.74, 6) is 1.52. The van der Waals surface area contributed by atoms with E-state index in [1.54, 1.807) is 0 Å². The van der Waals surface area contributed by atoms with Crippen molar-refractivity contribution in [2.75, 3.05) is 19.4 Å². The van der Waals surface area contributed by atoms with Crippen LogP contribution in [0, 0.1) is 5.92 Å². The fourth-order valence-corrected chi connectivity index (χ4v) is 5.29. The van der Waals surface area contributed by atoms with Crippen molar-refractivity contribution < 1.29 is 8.95 Å². The molecule has 2 rings (SSSR count). The van der Waals surface area contributed by atoms with Crippen molar-refractivity contribution in [1.29, 1.82) is 0 Å². The molecular formula is C14H27NO2S. The van der Waals surface area contributed by atoms with E-state index in [1.807, 2.05) is 7.05 Å². The van der Waals surface area contributed by atoms with Gasteiger partial charge in [-0.2, -0.15) is 0 Å². The average Bonchev–Trinajstić information content (AvgIpc) is 2.90. The standard InChI is InChI=1S/C14H27NO2S/c1-3-11-6-7-13(15-2)14(9-11)18(16)10-12-5-4-8-17-12/h11-15H,3-10H2,1-2H3. The van der Waals surface area contributed by atoms with E-state index in [0.29, 0.717) is 11.3 Å². The SMILES string of the molecule is CCC1CCC(NC)C(S(=O)CC2CCCO2)C1. The first-order valence-corrected chi connectivity index (χ1v) is 8.78. The summed E-state index contributed by atoms with van der Waals surface area (Å²) in [7, 11) is 1.27. The molecule has 0 aromatic heterocycles. The first-order valence-electron chi connectivity index (χ1n) is 7.40. The molecule has 0 radical (unpaired) electrons. The minimum atomic E-state index is -0.736. The van der Waals surface area contributed by atoms with Crippen LogP contribution in [-0.4, -0.2) is 41.0 Å². The zero-order valence-electron chi connectivity index (χ0n) is 11.7. The molecule has 0 bridgehead atoms. The Kier molecular flexibility index (Phi) is 5.64. The van der Waals surface area contributed by atoms with E-state index in [4.69, 9.17) is 4.74 Å². The maximum atomic E-state index is 12.6. The van der Waals surface area contributed by atoms with Gasteiger partial charge in [0.05, 0.1) is 17.1 Å². The molecule has 0 aromatic carbocycles. The summed E-state index contributed by atoms with van der Waals surface area (Å²) in [5.41, 5.74) is 0. The van der Waals surface area contributed by atoms with Crippen molar-refractivity contribution in [3.63, 3.8) is 0 Å². The van der Waals surface area contributed by atoms with Gasteiger partial charge < -0.3 is 10.1 Å². The summed E-state index contributed by atoms with van der Waals surface area (Å²) in [6.45, 7) is 3.12. The fourth-order valence-electron chi connectivity index (χ4n) is 3.29. The van der Waals surface area contributed by atoms with Gasteiger partial charge in [-0.25, -0.2) is 0 Å². The van der Waals surface area contributed by atoms with Gasteiger partial charge in [0.25, 0.3) is 0 Å². The summed E-state index contributed by atoms with van der Waals surface area (Å²) >= 11 is 0. The first-order chi connectivity index (χ1) is 8.74. The molecule has 2 aliphatic rings. The van der Waals surface area contributed by atoms with E-state index >= 15 is 0 Å². The Balaban J connectivity index is 1.91. The molecule has 1 aliphatic carbocycles. The summed E-state index contributed by atoms with van der Waals surface area (Å²) in [4.78, 5) is 0. The van der Waals surface area contributed by atoms with Crippen molar-refractivity contribution in [1.82, 2.24) is 5.32 Å². The molecule has 5 unspecified atom stereocenters. The lowest BCUT2D eigenvalue weighted by Crippen LogP contribution is -2.46. The fraction of sp³-hybridized carbons (Fsp3) is 1.00. The molecular weight excluding hydrogens is 246 g/mol. The second-order valence-electron chi connectivity index (χ2n) is 5.70. The lowest BCUT2D eigenvalue weighted by Gasteiger charge is -2.35. The number of hydrogen-bond donors (Lipinski definition) is 1. The van der Waals surface area contributed by atoms with Crippen molar-refractivity contribution in [3.8, 4) is 0 Å². The van der Waals surface area contributed by atoms with E-state index < -0.39 is 10.8 Å². The van der Waals surface area contributed by atoms with Gasteiger partial charge in [0.2, 0.25) is 0 Å². The zero-order chi connectivity index (χ0) is 13.0. The predicted molar refractivity (Wildman–Crippen MR) is 76.3 cm³/mol. The molecule has 0 spiro atoms. The maximum absolute atomic E-state index is 12.6. The number of ether oxygens (including phenoxy) is 1. The second-order valence-corrected chi connectivity index (χ2v) is 7.40. The lowest BCUT2D eigenvalue weighted by atomic mass is 9.84. The van der Waals surface area contributed by atoms with Gasteiger partial charge in [0, 0.05) is 23.4 Å². The smallest absolute Gasteiger partial charge is 0.0691 e. The summed E-state index contributed by atoms with van der Waals surface area (Å²) in [6, 6.07) is 0.440. The van der Waals surface area contributed by atoms with Crippen molar-refractivity contribution in [2.24, 2.45) is 5.92 Å². The highest BCUT2D eigenvalue weighted by Gasteiger charge is 2.34. The normalized spacial score (nSPS) is 38.8. The highest BCUT2D eigenvalue weighted by atomic mass is 32.2. The van der Waals surface area contributed by atoms with E-state index in [1.165, 1.54) is 19.3 Å². The van der Waals surface area contributed by atoms with E-state index in [0.717, 1.165) is 37.5 Å². The second kappa shape index (κ2) is 7.01. The van der Waals surface area contributed by atoms with Crippen LogP contribution in [0.1, 0.15) is 45.4 Å². The van der Waals surface area contributed by atoms with E-state index in [9.17, 15) is 4.21 Å². The molecule has 0 aromatic rings. The maximum Gasteiger partial charge on any atom is 0.0691 e. The minimum absolute atomic E-state index is 0.255. The number of hydrogen-bond acceptors (Lipinski definition) is 3. The highest BCUT2D eigenvalue weighted by Crippen LogP contribution is 2.30. The van der Waals surface area contributed by atoms with Gasteiger partial charge in [-0.15, -0.1) is 0 Å². The molecule has 1 aliphatic heterocycles. The Hall–Kier alpha value is 0.0700. The van der Waals surface area contributed by atoms with Crippen LogP contribution in [-0.2, 0) is 15.5 Å². The van der Waals surface area contributed by atoms with E-state index in [-0.39, 0.29) is 6.10 Å². The minimum Gasteiger partial charge on any atom is -0.377 e. The van der Waals surface area contributed by atoms with Gasteiger partial charge in [0.1, 0.15) is 0 Å². The molecule has 3 nitrogen and oxygen atoms in total. The largest absolute Gasteiger partial charge is 0.377 e. The Morgan fingerprint density at radius 1 is 1.33 bits per heavy atom. The molecule has 0 amide bonds. The molecule has 1 saturated heterocycles.